The predicted molar refractivity (Wildman–Crippen MR) is 134 cm³/mol. The lowest BCUT2D eigenvalue weighted by Crippen LogP contribution is -2.52. The van der Waals surface area contributed by atoms with Crippen LogP contribution >= 0.6 is 11.6 Å². The summed E-state index contributed by atoms with van der Waals surface area (Å²) in [7, 11) is -7.96. The number of carbonyl (C=O) groups excluding carboxylic acids is 3. The molecule has 1 aliphatic heterocycles. The summed E-state index contributed by atoms with van der Waals surface area (Å²) in [6.45, 7) is 0.793. The van der Waals surface area contributed by atoms with Gasteiger partial charge in [-0.25, -0.2) is 16.8 Å². The highest BCUT2D eigenvalue weighted by Crippen LogP contribution is 2.21. The minimum Gasteiger partial charge on any atom is -0.370 e. The summed E-state index contributed by atoms with van der Waals surface area (Å²) < 4.78 is 54.5. The fraction of sp³-hybridized carbons (Fsp3) is 0.318. The summed E-state index contributed by atoms with van der Waals surface area (Å²) in [6.07, 6.45) is 0.910. The Labute approximate surface area is 219 Å². The number of hydrazine groups is 1. The number of nitrogens with one attached hydrogen (secondary N) is 3. The van der Waals surface area contributed by atoms with Crippen LogP contribution in [0, 0.1) is 0 Å². The molecule has 15 heteroatoms. The standard InChI is InChI=1S/C22H26ClN5O7S2/c23-16-6-8-17(9-7-16)36(32,33)27-19(10-11-20(24)29)22(31)26-25-21(30)15-4-3-5-18(14-15)37(34,35)28-12-1-2-13-28/h3-9,14,19,27H,1-2,10-13H2,(H2,24,29)(H,25,30)(H,26,31)/t19-/m0/s1. The third-order valence-electron chi connectivity index (χ3n) is 5.52. The first-order valence-corrected chi connectivity index (χ1v) is 14.5. The van der Waals surface area contributed by atoms with Crippen molar-refractivity contribution in [3.63, 3.8) is 0 Å². The lowest BCUT2D eigenvalue weighted by molar-refractivity contribution is -0.124. The number of nitrogens with zero attached hydrogens (tertiary/aromatic N) is 1. The van der Waals surface area contributed by atoms with Crippen molar-refractivity contribution in [2.45, 2.75) is 41.5 Å². The topological polar surface area (TPSA) is 185 Å². The Balaban J connectivity index is 1.70. The SMILES string of the molecule is NC(=O)CC[C@H](NS(=O)(=O)c1ccc(Cl)cc1)C(=O)NNC(=O)c1cccc(S(=O)(=O)N2CCCC2)c1. The van der Waals surface area contributed by atoms with E-state index < -0.39 is 43.8 Å². The van der Waals surface area contributed by atoms with E-state index in [0.717, 1.165) is 12.8 Å². The number of sulfonamides is 2. The largest absolute Gasteiger partial charge is 0.370 e. The van der Waals surface area contributed by atoms with E-state index in [4.69, 9.17) is 17.3 Å². The number of carbonyl (C=O) groups is 3. The Morgan fingerprint density at radius 3 is 2.22 bits per heavy atom. The molecule has 0 aromatic heterocycles. The van der Waals surface area contributed by atoms with Crippen molar-refractivity contribution in [2.24, 2.45) is 5.73 Å². The number of rotatable bonds is 10. The molecule has 2 aromatic carbocycles. The van der Waals surface area contributed by atoms with Crippen LogP contribution in [0.4, 0.5) is 0 Å². The van der Waals surface area contributed by atoms with Crippen molar-refractivity contribution < 1.29 is 31.2 Å². The van der Waals surface area contributed by atoms with E-state index in [1.54, 1.807) is 0 Å². The fourth-order valence-corrected chi connectivity index (χ4v) is 6.47. The summed E-state index contributed by atoms with van der Waals surface area (Å²) in [6, 6.07) is 9.03. The van der Waals surface area contributed by atoms with Gasteiger partial charge in [0.15, 0.2) is 0 Å². The van der Waals surface area contributed by atoms with Gasteiger partial charge < -0.3 is 5.73 Å². The fourth-order valence-electron chi connectivity index (χ4n) is 3.55. The smallest absolute Gasteiger partial charge is 0.269 e. The maximum absolute atomic E-state index is 12.8. The number of primary amides is 1. The second-order valence-electron chi connectivity index (χ2n) is 8.22. The molecule has 200 valence electrons. The van der Waals surface area contributed by atoms with Gasteiger partial charge in [0.1, 0.15) is 6.04 Å². The van der Waals surface area contributed by atoms with Crippen LogP contribution in [-0.4, -0.2) is 58.0 Å². The number of nitrogens with two attached hydrogens (primary N) is 1. The Morgan fingerprint density at radius 1 is 0.946 bits per heavy atom. The normalized spacial score (nSPS) is 15.2. The van der Waals surface area contributed by atoms with E-state index in [2.05, 4.69) is 15.6 Å². The van der Waals surface area contributed by atoms with Crippen LogP contribution in [0.15, 0.2) is 58.3 Å². The van der Waals surface area contributed by atoms with Crippen LogP contribution in [0.5, 0.6) is 0 Å². The molecule has 1 heterocycles. The first-order chi connectivity index (χ1) is 17.4. The molecule has 0 saturated carbocycles. The Hall–Kier alpha value is -3.04. The zero-order valence-corrected chi connectivity index (χ0v) is 21.9. The molecule has 1 aliphatic rings. The molecule has 0 bridgehead atoms. The summed E-state index contributed by atoms with van der Waals surface area (Å²) in [4.78, 5) is 36.3. The molecule has 0 aliphatic carbocycles. The maximum Gasteiger partial charge on any atom is 0.269 e. The molecule has 3 amide bonds. The zero-order valence-electron chi connectivity index (χ0n) is 19.5. The highest BCUT2D eigenvalue weighted by Gasteiger charge is 2.29. The van der Waals surface area contributed by atoms with Gasteiger partial charge in [0.05, 0.1) is 9.79 Å². The van der Waals surface area contributed by atoms with Gasteiger partial charge in [-0.05, 0) is 61.7 Å². The summed E-state index contributed by atoms with van der Waals surface area (Å²) in [5.74, 6) is -2.56. The minimum absolute atomic E-state index is 0.0454. The molecule has 37 heavy (non-hydrogen) atoms. The highest BCUT2D eigenvalue weighted by atomic mass is 35.5. The summed E-state index contributed by atoms with van der Waals surface area (Å²) >= 11 is 5.78. The van der Waals surface area contributed by atoms with Crippen LogP contribution in [0.1, 0.15) is 36.0 Å². The van der Waals surface area contributed by atoms with E-state index in [-0.39, 0.29) is 28.2 Å². The van der Waals surface area contributed by atoms with E-state index in [9.17, 15) is 31.2 Å². The molecule has 0 spiro atoms. The molecule has 3 rings (SSSR count). The number of halogens is 1. The molecule has 0 radical (unpaired) electrons. The molecular weight excluding hydrogens is 546 g/mol. The van der Waals surface area contributed by atoms with Gasteiger partial charge >= 0.3 is 0 Å². The Bertz CT molecular complexity index is 1380. The second kappa shape index (κ2) is 12.0. The predicted octanol–water partition coefficient (Wildman–Crippen LogP) is 0.498. The second-order valence-corrected chi connectivity index (χ2v) is 12.3. The van der Waals surface area contributed by atoms with Gasteiger partial charge in [0.25, 0.3) is 11.8 Å². The first-order valence-electron chi connectivity index (χ1n) is 11.2. The van der Waals surface area contributed by atoms with Crippen LogP contribution in [0.3, 0.4) is 0 Å². The number of benzene rings is 2. The molecule has 1 atom stereocenters. The van der Waals surface area contributed by atoms with Crippen molar-refractivity contribution in [3.8, 4) is 0 Å². The highest BCUT2D eigenvalue weighted by molar-refractivity contribution is 7.89. The van der Waals surface area contributed by atoms with Crippen LogP contribution in [-0.2, 0) is 29.6 Å². The number of hydrogen-bond acceptors (Lipinski definition) is 7. The van der Waals surface area contributed by atoms with Crippen molar-refractivity contribution in [1.29, 1.82) is 0 Å². The molecule has 0 unspecified atom stereocenters. The zero-order chi connectivity index (χ0) is 27.2. The van der Waals surface area contributed by atoms with Crippen LogP contribution in [0.25, 0.3) is 0 Å². The van der Waals surface area contributed by atoms with Crippen LogP contribution < -0.4 is 21.3 Å². The quantitative estimate of drug-likeness (QED) is 0.299. The molecule has 1 saturated heterocycles. The van der Waals surface area contributed by atoms with Crippen molar-refractivity contribution >= 4 is 49.4 Å². The lowest BCUT2D eigenvalue weighted by Gasteiger charge is -2.19. The van der Waals surface area contributed by atoms with E-state index >= 15 is 0 Å². The maximum atomic E-state index is 12.8. The van der Waals surface area contributed by atoms with E-state index in [0.29, 0.717) is 18.1 Å². The minimum atomic E-state index is -4.20. The van der Waals surface area contributed by atoms with Gasteiger partial charge in [-0.2, -0.15) is 9.03 Å². The third-order valence-corrected chi connectivity index (χ3v) is 9.15. The third kappa shape index (κ3) is 7.49. The molecular formula is C22H26ClN5O7S2. The summed E-state index contributed by atoms with van der Waals surface area (Å²) in [5.41, 5.74) is 9.33. The van der Waals surface area contributed by atoms with Crippen molar-refractivity contribution in [2.75, 3.05) is 13.1 Å². The summed E-state index contributed by atoms with van der Waals surface area (Å²) in [5, 5.41) is 0.307. The van der Waals surface area contributed by atoms with Crippen LogP contribution in [0.2, 0.25) is 5.02 Å². The Morgan fingerprint density at radius 2 is 1.59 bits per heavy atom. The first kappa shape index (κ1) is 28.5. The van der Waals surface area contributed by atoms with Gasteiger partial charge in [-0.3, -0.25) is 25.2 Å². The van der Waals surface area contributed by atoms with Gasteiger partial charge in [-0.15, -0.1) is 0 Å². The lowest BCUT2D eigenvalue weighted by atomic mass is 10.1. The number of hydrogen-bond donors (Lipinski definition) is 4. The number of amides is 3. The average Bonchev–Trinajstić information content (AvgIpc) is 3.41. The van der Waals surface area contributed by atoms with Gasteiger partial charge in [0.2, 0.25) is 26.0 Å². The van der Waals surface area contributed by atoms with Gasteiger partial charge in [0, 0.05) is 30.1 Å². The van der Waals surface area contributed by atoms with E-state index in [1.165, 1.54) is 52.8 Å². The molecule has 12 nitrogen and oxygen atoms in total. The molecule has 1 fully saturated rings. The molecule has 2 aromatic rings. The van der Waals surface area contributed by atoms with Crippen molar-refractivity contribution in [1.82, 2.24) is 19.9 Å². The Kier molecular flexibility index (Phi) is 9.26. The average molecular weight is 572 g/mol. The van der Waals surface area contributed by atoms with Crippen molar-refractivity contribution in [3.05, 3.63) is 59.1 Å². The van der Waals surface area contributed by atoms with E-state index in [1.807, 2.05) is 0 Å². The monoisotopic (exact) mass is 571 g/mol. The van der Waals surface area contributed by atoms with Gasteiger partial charge in [-0.1, -0.05) is 17.7 Å². The molecule has 5 N–H and O–H groups in total.